The van der Waals surface area contributed by atoms with Crippen LogP contribution in [0.1, 0.15) is 40.0 Å². The van der Waals surface area contributed by atoms with Crippen molar-refractivity contribution in [3.8, 4) is 5.75 Å². The molecule has 3 aromatic carbocycles. The van der Waals surface area contributed by atoms with Crippen LogP contribution in [-0.2, 0) is 13.1 Å². The highest BCUT2D eigenvalue weighted by Crippen LogP contribution is 2.38. The predicted octanol–water partition coefficient (Wildman–Crippen LogP) is 5.15. The van der Waals surface area contributed by atoms with Gasteiger partial charge < -0.3 is 15.3 Å². The van der Waals surface area contributed by atoms with Gasteiger partial charge in [0.1, 0.15) is 34.8 Å². The van der Waals surface area contributed by atoms with Gasteiger partial charge in [-0.25, -0.2) is 26.7 Å². The van der Waals surface area contributed by atoms with Gasteiger partial charge in [-0.3, -0.25) is 9.69 Å². The third-order valence-electron chi connectivity index (χ3n) is 6.13. The van der Waals surface area contributed by atoms with Crippen LogP contribution < -0.4 is 10.2 Å². The summed E-state index contributed by atoms with van der Waals surface area (Å²) >= 11 is 0. The molecule has 1 unspecified atom stereocenters. The van der Waals surface area contributed by atoms with Crippen molar-refractivity contribution in [3.05, 3.63) is 93.8 Å². The van der Waals surface area contributed by atoms with Crippen molar-refractivity contribution < 1.29 is 36.6 Å². The Bertz CT molecular complexity index is 1340. The lowest BCUT2D eigenvalue weighted by Crippen LogP contribution is -2.46. The first-order chi connectivity index (χ1) is 17.0. The van der Waals surface area contributed by atoms with Crippen LogP contribution in [0.2, 0.25) is 0 Å². The molecule has 0 saturated heterocycles. The summed E-state index contributed by atoms with van der Waals surface area (Å²) in [6.07, 6.45) is 0. The molecule has 0 radical (unpaired) electrons. The van der Waals surface area contributed by atoms with Crippen molar-refractivity contribution >= 4 is 17.6 Å². The fourth-order valence-corrected chi connectivity index (χ4v) is 4.01. The Kier molecular flexibility index (Phi) is 6.57. The second kappa shape index (κ2) is 9.48. The highest BCUT2D eigenvalue weighted by Gasteiger charge is 2.34. The quantitative estimate of drug-likeness (QED) is 0.471. The van der Waals surface area contributed by atoms with E-state index in [1.54, 1.807) is 13.0 Å². The second-order valence-electron chi connectivity index (χ2n) is 8.35. The van der Waals surface area contributed by atoms with Crippen molar-refractivity contribution in [1.82, 2.24) is 10.2 Å². The van der Waals surface area contributed by atoms with Gasteiger partial charge in [0.25, 0.3) is 5.91 Å². The number of amides is 3. The molecular formula is C25H20F5N3O3. The summed E-state index contributed by atoms with van der Waals surface area (Å²) in [6, 6.07) is 5.67. The maximum atomic E-state index is 14.4. The minimum Gasteiger partial charge on any atom is -0.507 e. The number of carbonyl (C=O) groups is 2. The van der Waals surface area contributed by atoms with Crippen LogP contribution in [0.5, 0.6) is 5.75 Å². The zero-order valence-electron chi connectivity index (χ0n) is 19.1. The van der Waals surface area contributed by atoms with E-state index in [1.165, 1.54) is 24.1 Å². The summed E-state index contributed by atoms with van der Waals surface area (Å²) in [7, 11) is 1.52. The number of fused-ring (bicyclic) bond motifs is 1. The summed E-state index contributed by atoms with van der Waals surface area (Å²) in [5.74, 6) is -6.88. The van der Waals surface area contributed by atoms with Gasteiger partial charge in [0.15, 0.2) is 0 Å². The minimum absolute atomic E-state index is 0.0232. The largest absolute Gasteiger partial charge is 0.507 e. The molecule has 11 heteroatoms. The fourth-order valence-electron chi connectivity index (χ4n) is 4.01. The van der Waals surface area contributed by atoms with Gasteiger partial charge in [0, 0.05) is 54.5 Å². The number of rotatable bonds is 5. The Balaban J connectivity index is 1.66. The van der Waals surface area contributed by atoms with Crippen LogP contribution in [-0.4, -0.2) is 29.0 Å². The van der Waals surface area contributed by atoms with Crippen LogP contribution in [0.3, 0.4) is 0 Å². The first-order valence-electron chi connectivity index (χ1n) is 10.7. The SMILES string of the molecule is CC1c2ccc(C(=O)NCc3c(F)cc(F)cc3F)cc2N(Cc2c(O)cc(F)cc2F)C(=O)N1C. The van der Waals surface area contributed by atoms with Gasteiger partial charge in [-0.15, -0.1) is 0 Å². The van der Waals surface area contributed by atoms with E-state index in [2.05, 4.69) is 5.32 Å². The number of phenols is 1. The Hall–Kier alpha value is -4.15. The second-order valence-corrected chi connectivity index (χ2v) is 8.35. The van der Waals surface area contributed by atoms with Crippen LogP contribution in [0.15, 0.2) is 42.5 Å². The van der Waals surface area contributed by atoms with Crippen molar-refractivity contribution in [2.75, 3.05) is 11.9 Å². The number of hydrogen-bond donors (Lipinski definition) is 2. The molecule has 1 heterocycles. The van der Waals surface area contributed by atoms with Gasteiger partial charge in [-0.05, 0) is 24.6 Å². The summed E-state index contributed by atoms with van der Waals surface area (Å²) in [5, 5.41) is 12.4. The van der Waals surface area contributed by atoms with E-state index in [1.807, 2.05) is 0 Å². The highest BCUT2D eigenvalue weighted by molar-refractivity contribution is 5.99. The molecule has 0 bridgehead atoms. The van der Waals surface area contributed by atoms with Crippen molar-refractivity contribution in [3.63, 3.8) is 0 Å². The predicted molar refractivity (Wildman–Crippen MR) is 120 cm³/mol. The molecule has 36 heavy (non-hydrogen) atoms. The number of aromatic hydroxyl groups is 1. The van der Waals surface area contributed by atoms with E-state index in [9.17, 15) is 36.6 Å². The number of benzene rings is 3. The summed E-state index contributed by atoms with van der Waals surface area (Å²) in [6.45, 7) is 0.714. The lowest BCUT2D eigenvalue weighted by molar-refractivity contribution is 0.0950. The first kappa shape index (κ1) is 25.0. The summed E-state index contributed by atoms with van der Waals surface area (Å²) < 4.78 is 68.8. The number of hydrogen-bond acceptors (Lipinski definition) is 3. The molecule has 4 rings (SSSR count). The Morgan fingerprint density at radius 2 is 1.53 bits per heavy atom. The number of carbonyl (C=O) groups excluding carboxylic acids is 2. The standard InChI is InChI=1S/C25H20F5N3O3/c1-12-16-4-3-13(24(35)31-10-17-19(28)6-14(26)7-20(17)29)5-22(16)33(25(36)32(12)2)11-18-21(30)8-15(27)9-23(18)34/h3-9,12,34H,10-11H2,1-2H3,(H,31,35). The van der Waals surface area contributed by atoms with Gasteiger partial charge >= 0.3 is 6.03 Å². The third kappa shape index (κ3) is 4.56. The average Bonchev–Trinajstić information content (AvgIpc) is 2.80. The number of halogens is 5. The summed E-state index contributed by atoms with van der Waals surface area (Å²) in [5.41, 5.74) is 0.00891. The zero-order valence-corrected chi connectivity index (χ0v) is 19.1. The molecule has 1 atom stereocenters. The van der Waals surface area contributed by atoms with E-state index in [0.717, 1.165) is 11.0 Å². The van der Waals surface area contributed by atoms with E-state index in [-0.39, 0.29) is 16.8 Å². The summed E-state index contributed by atoms with van der Waals surface area (Å²) in [4.78, 5) is 28.3. The molecule has 3 aromatic rings. The lowest BCUT2D eigenvalue weighted by atomic mass is 9.98. The van der Waals surface area contributed by atoms with Gasteiger partial charge in [-0.1, -0.05) is 6.07 Å². The Morgan fingerprint density at radius 1 is 0.944 bits per heavy atom. The number of nitrogens with zero attached hydrogens (tertiary/aromatic N) is 2. The molecule has 3 amide bonds. The van der Waals surface area contributed by atoms with Crippen LogP contribution in [0, 0.1) is 29.1 Å². The minimum atomic E-state index is -1.16. The number of anilines is 1. The lowest BCUT2D eigenvalue weighted by Gasteiger charge is -2.39. The molecule has 188 valence electrons. The van der Waals surface area contributed by atoms with Gasteiger partial charge in [0.05, 0.1) is 18.3 Å². The maximum absolute atomic E-state index is 14.4. The number of phenolic OH excluding ortho intramolecular Hbond substituents is 1. The molecule has 0 spiro atoms. The van der Waals surface area contributed by atoms with Crippen molar-refractivity contribution in [2.24, 2.45) is 0 Å². The Labute approximate surface area is 202 Å². The van der Waals surface area contributed by atoms with Crippen molar-refractivity contribution in [1.29, 1.82) is 0 Å². The smallest absolute Gasteiger partial charge is 0.325 e. The monoisotopic (exact) mass is 505 g/mol. The topological polar surface area (TPSA) is 72.9 Å². The number of urea groups is 1. The zero-order chi connectivity index (χ0) is 26.3. The molecule has 2 N–H and O–H groups in total. The van der Waals surface area contributed by atoms with E-state index in [0.29, 0.717) is 23.8 Å². The molecule has 0 fully saturated rings. The van der Waals surface area contributed by atoms with E-state index < -0.39 is 71.5 Å². The van der Waals surface area contributed by atoms with Crippen LogP contribution in [0.4, 0.5) is 32.4 Å². The third-order valence-corrected chi connectivity index (χ3v) is 6.13. The molecule has 6 nitrogen and oxygen atoms in total. The fraction of sp³-hybridized carbons (Fsp3) is 0.200. The number of nitrogens with one attached hydrogen (secondary N) is 1. The van der Waals surface area contributed by atoms with Crippen LogP contribution in [0.25, 0.3) is 0 Å². The van der Waals surface area contributed by atoms with E-state index in [4.69, 9.17) is 0 Å². The molecule has 0 aromatic heterocycles. The molecule has 1 aliphatic rings. The molecule has 0 saturated carbocycles. The first-order valence-corrected chi connectivity index (χ1v) is 10.7. The molecular weight excluding hydrogens is 485 g/mol. The highest BCUT2D eigenvalue weighted by atomic mass is 19.2. The van der Waals surface area contributed by atoms with Gasteiger partial charge in [0.2, 0.25) is 0 Å². The maximum Gasteiger partial charge on any atom is 0.325 e. The normalized spacial score (nSPS) is 15.2. The van der Waals surface area contributed by atoms with Gasteiger partial charge in [-0.2, -0.15) is 0 Å². The van der Waals surface area contributed by atoms with E-state index >= 15 is 0 Å². The van der Waals surface area contributed by atoms with Crippen LogP contribution >= 0.6 is 0 Å². The molecule has 1 aliphatic heterocycles. The molecule has 0 aliphatic carbocycles. The Morgan fingerprint density at radius 3 is 2.14 bits per heavy atom. The van der Waals surface area contributed by atoms with Crippen molar-refractivity contribution in [2.45, 2.75) is 26.1 Å². The average molecular weight is 505 g/mol.